The summed E-state index contributed by atoms with van der Waals surface area (Å²) in [4.78, 5) is 10.8. The molecule has 5 nitrogen and oxygen atoms in total. The number of hydrogen-bond donors (Lipinski definition) is 1. The average Bonchev–Trinajstić information content (AvgIpc) is 2.95. The summed E-state index contributed by atoms with van der Waals surface area (Å²) in [6.45, 7) is 0.285. The summed E-state index contributed by atoms with van der Waals surface area (Å²) in [6.07, 6.45) is 1.08. The fourth-order valence-electron chi connectivity index (χ4n) is 1.26. The smallest absolute Gasteiger partial charge is 0.407 e. The van der Waals surface area contributed by atoms with E-state index in [1.54, 1.807) is 30.5 Å². The van der Waals surface area contributed by atoms with Crippen LogP contribution in [0, 0.1) is 0 Å². The van der Waals surface area contributed by atoms with Crippen molar-refractivity contribution in [3.05, 3.63) is 36.3 Å². The monoisotopic (exact) mass is 221 g/mol. The van der Waals surface area contributed by atoms with E-state index in [1.165, 1.54) is 7.11 Å². The van der Waals surface area contributed by atoms with Crippen molar-refractivity contribution in [2.75, 3.05) is 7.11 Å². The summed E-state index contributed by atoms with van der Waals surface area (Å²) in [5.41, 5.74) is 0. The number of rotatable bonds is 3. The average molecular weight is 221 g/mol. The summed E-state index contributed by atoms with van der Waals surface area (Å²) >= 11 is 0. The van der Waals surface area contributed by atoms with E-state index in [2.05, 4.69) is 10.1 Å². The molecule has 2 aromatic heterocycles. The molecule has 2 heterocycles. The van der Waals surface area contributed by atoms with E-state index in [9.17, 15) is 4.79 Å². The molecule has 0 aliphatic rings. The first-order valence-electron chi connectivity index (χ1n) is 4.74. The standard InChI is InChI=1S/C11H11NO4/c1-14-11(13)12-7-8-4-5-10(16-8)9-3-2-6-15-9/h2-6H,7H2,1H3,(H,12,13). The highest BCUT2D eigenvalue weighted by Gasteiger charge is 2.07. The van der Waals surface area contributed by atoms with Crippen molar-refractivity contribution in [2.24, 2.45) is 0 Å². The first kappa shape index (κ1) is 10.4. The molecule has 2 rings (SSSR count). The van der Waals surface area contributed by atoms with Crippen LogP contribution in [0.15, 0.2) is 39.4 Å². The molecular weight excluding hydrogens is 210 g/mol. The first-order valence-corrected chi connectivity index (χ1v) is 4.74. The second-order valence-corrected chi connectivity index (χ2v) is 3.09. The lowest BCUT2D eigenvalue weighted by Gasteiger charge is -1.99. The molecule has 0 atom stereocenters. The fraction of sp³-hybridized carbons (Fsp3) is 0.182. The number of carbonyl (C=O) groups excluding carboxylic acids is 1. The number of ether oxygens (including phenoxy) is 1. The van der Waals surface area contributed by atoms with Crippen LogP contribution in [0.5, 0.6) is 0 Å². The van der Waals surface area contributed by atoms with E-state index in [0.717, 1.165) is 0 Å². The topological polar surface area (TPSA) is 64.6 Å². The summed E-state index contributed by atoms with van der Waals surface area (Å²) in [7, 11) is 1.31. The SMILES string of the molecule is COC(=O)NCc1ccc(-c2ccco2)o1. The molecule has 0 unspecified atom stereocenters. The third-order valence-electron chi connectivity index (χ3n) is 2.02. The van der Waals surface area contributed by atoms with E-state index in [-0.39, 0.29) is 6.54 Å². The van der Waals surface area contributed by atoms with Gasteiger partial charge < -0.3 is 18.9 Å². The van der Waals surface area contributed by atoms with Gasteiger partial charge in [-0.05, 0) is 24.3 Å². The van der Waals surface area contributed by atoms with Crippen LogP contribution in [0.4, 0.5) is 4.79 Å². The van der Waals surface area contributed by atoms with E-state index in [0.29, 0.717) is 17.3 Å². The molecule has 2 aromatic rings. The van der Waals surface area contributed by atoms with Gasteiger partial charge in [-0.1, -0.05) is 0 Å². The van der Waals surface area contributed by atoms with Crippen molar-refractivity contribution in [3.63, 3.8) is 0 Å². The summed E-state index contributed by atoms with van der Waals surface area (Å²) in [5, 5.41) is 2.52. The van der Waals surface area contributed by atoms with Crippen molar-refractivity contribution in [1.29, 1.82) is 0 Å². The molecule has 0 saturated carbocycles. The Kier molecular flexibility index (Phi) is 2.95. The molecular formula is C11H11NO4. The zero-order valence-corrected chi connectivity index (χ0v) is 8.73. The predicted molar refractivity (Wildman–Crippen MR) is 55.7 cm³/mol. The molecule has 0 bridgehead atoms. The van der Waals surface area contributed by atoms with Gasteiger partial charge in [0.25, 0.3) is 0 Å². The highest BCUT2D eigenvalue weighted by atomic mass is 16.5. The van der Waals surface area contributed by atoms with E-state index < -0.39 is 6.09 Å². The van der Waals surface area contributed by atoms with E-state index >= 15 is 0 Å². The summed E-state index contributed by atoms with van der Waals surface area (Å²) in [5.74, 6) is 1.92. The number of hydrogen-bond acceptors (Lipinski definition) is 4. The van der Waals surface area contributed by atoms with Gasteiger partial charge in [0.2, 0.25) is 0 Å². The van der Waals surface area contributed by atoms with Crippen LogP contribution in [0.2, 0.25) is 0 Å². The van der Waals surface area contributed by atoms with Crippen molar-refractivity contribution >= 4 is 6.09 Å². The molecule has 0 radical (unpaired) electrons. The van der Waals surface area contributed by atoms with Gasteiger partial charge in [0.15, 0.2) is 11.5 Å². The first-order chi connectivity index (χ1) is 7.79. The van der Waals surface area contributed by atoms with Gasteiger partial charge in [-0.25, -0.2) is 4.79 Å². The van der Waals surface area contributed by atoms with E-state index in [1.807, 2.05) is 0 Å². The van der Waals surface area contributed by atoms with Crippen LogP contribution in [-0.4, -0.2) is 13.2 Å². The minimum absolute atomic E-state index is 0.285. The lowest BCUT2D eigenvalue weighted by molar-refractivity contribution is 0.169. The van der Waals surface area contributed by atoms with Crippen LogP contribution in [0.1, 0.15) is 5.76 Å². The number of nitrogens with one attached hydrogen (secondary N) is 1. The number of amides is 1. The third-order valence-corrected chi connectivity index (χ3v) is 2.02. The fourth-order valence-corrected chi connectivity index (χ4v) is 1.26. The van der Waals surface area contributed by atoms with E-state index in [4.69, 9.17) is 8.83 Å². The quantitative estimate of drug-likeness (QED) is 0.864. The minimum atomic E-state index is -0.490. The molecule has 0 fully saturated rings. The molecule has 0 saturated heterocycles. The maximum atomic E-state index is 10.8. The number of methoxy groups -OCH3 is 1. The van der Waals surface area contributed by atoms with Gasteiger partial charge in [-0.15, -0.1) is 0 Å². The Morgan fingerprint density at radius 3 is 2.94 bits per heavy atom. The highest BCUT2D eigenvalue weighted by Crippen LogP contribution is 2.22. The number of furan rings is 2. The minimum Gasteiger partial charge on any atom is -0.461 e. The molecule has 5 heteroatoms. The van der Waals surface area contributed by atoms with Gasteiger partial charge in [-0.2, -0.15) is 0 Å². The molecule has 1 N–H and O–H groups in total. The summed E-state index contributed by atoms with van der Waals surface area (Å²) < 4.78 is 15.1. The Labute approximate surface area is 92.0 Å². The Bertz CT molecular complexity index is 458. The van der Waals surface area contributed by atoms with Gasteiger partial charge in [-0.3, -0.25) is 0 Å². The maximum Gasteiger partial charge on any atom is 0.407 e. The van der Waals surface area contributed by atoms with Crippen molar-refractivity contribution < 1.29 is 18.4 Å². The van der Waals surface area contributed by atoms with Gasteiger partial charge in [0, 0.05) is 0 Å². The second kappa shape index (κ2) is 4.57. The Morgan fingerprint density at radius 1 is 1.38 bits per heavy atom. The van der Waals surface area contributed by atoms with Gasteiger partial charge in [0.1, 0.15) is 5.76 Å². The molecule has 0 spiro atoms. The van der Waals surface area contributed by atoms with Crippen LogP contribution in [0.3, 0.4) is 0 Å². The van der Waals surface area contributed by atoms with Crippen LogP contribution < -0.4 is 5.32 Å². The molecule has 0 aromatic carbocycles. The Hall–Kier alpha value is -2.17. The normalized spacial score (nSPS) is 10.1. The second-order valence-electron chi connectivity index (χ2n) is 3.09. The zero-order chi connectivity index (χ0) is 11.4. The Morgan fingerprint density at radius 2 is 2.25 bits per heavy atom. The van der Waals surface area contributed by atoms with Crippen LogP contribution >= 0.6 is 0 Å². The Balaban J connectivity index is 2.00. The van der Waals surface area contributed by atoms with Gasteiger partial charge in [0.05, 0.1) is 19.9 Å². The molecule has 84 valence electrons. The lowest BCUT2D eigenvalue weighted by Crippen LogP contribution is -2.21. The predicted octanol–water partition coefficient (Wildman–Crippen LogP) is 2.40. The van der Waals surface area contributed by atoms with Crippen molar-refractivity contribution in [1.82, 2.24) is 5.32 Å². The number of alkyl carbamates (subject to hydrolysis) is 1. The van der Waals surface area contributed by atoms with Crippen LogP contribution in [-0.2, 0) is 11.3 Å². The zero-order valence-electron chi connectivity index (χ0n) is 8.73. The molecule has 16 heavy (non-hydrogen) atoms. The largest absolute Gasteiger partial charge is 0.461 e. The molecule has 0 aliphatic carbocycles. The van der Waals surface area contributed by atoms with Crippen molar-refractivity contribution in [3.8, 4) is 11.5 Å². The molecule has 0 aliphatic heterocycles. The van der Waals surface area contributed by atoms with Crippen molar-refractivity contribution in [2.45, 2.75) is 6.54 Å². The molecule has 1 amide bonds. The maximum absolute atomic E-state index is 10.8. The highest BCUT2D eigenvalue weighted by molar-refractivity contribution is 5.66. The lowest BCUT2D eigenvalue weighted by atomic mass is 10.3. The third kappa shape index (κ3) is 2.25. The van der Waals surface area contributed by atoms with Crippen LogP contribution in [0.25, 0.3) is 11.5 Å². The summed E-state index contributed by atoms with van der Waals surface area (Å²) in [6, 6.07) is 7.14. The number of carbonyl (C=O) groups is 1. The van der Waals surface area contributed by atoms with Gasteiger partial charge >= 0.3 is 6.09 Å².